The van der Waals surface area contributed by atoms with Crippen LogP contribution < -0.4 is 9.64 Å². The summed E-state index contributed by atoms with van der Waals surface area (Å²) in [6.07, 6.45) is -3.05. The van der Waals surface area contributed by atoms with E-state index in [1.807, 2.05) is 0 Å². The maximum Gasteiger partial charge on any atom is 0.573 e. The Hall–Kier alpha value is -2.87. The molecule has 1 aliphatic rings. The first-order valence-corrected chi connectivity index (χ1v) is 8.44. The lowest BCUT2D eigenvalue weighted by Gasteiger charge is -2.27. The maximum atomic E-state index is 12.7. The molecule has 0 atom stereocenters. The van der Waals surface area contributed by atoms with Crippen LogP contribution in [0.5, 0.6) is 5.75 Å². The van der Waals surface area contributed by atoms with Gasteiger partial charge in [0.05, 0.1) is 30.4 Å². The SMILES string of the molecule is FC(F)(F)Oc1ccccc1-c1ccc2ncc(N3CCOCC3)nc2c1. The van der Waals surface area contributed by atoms with Gasteiger partial charge < -0.3 is 14.4 Å². The van der Waals surface area contributed by atoms with Crippen molar-refractivity contribution in [3.05, 3.63) is 48.7 Å². The van der Waals surface area contributed by atoms with Gasteiger partial charge in [-0.05, 0) is 23.8 Å². The molecule has 0 amide bonds. The maximum absolute atomic E-state index is 12.7. The molecule has 5 nitrogen and oxygen atoms in total. The largest absolute Gasteiger partial charge is 0.573 e. The zero-order valence-electron chi connectivity index (χ0n) is 14.2. The summed E-state index contributed by atoms with van der Waals surface area (Å²) in [7, 11) is 0. The van der Waals surface area contributed by atoms with Crippen LogP contribution in [-0.2, 0) is 4.74 Å². The summed E-state index contributed by atoms with van der Waals surface area (Å²) in [6, 6.07) is 11.2. The van der Waals surface area contributed by atoms with Gasteiger partial charge in [-0.3, -0.25) is 4.98 Å². The van der Waals surface area contributed by atoms with Crippen molar-refractivity contribution in [1.29, 1.82) is 0 Å². The minimum atomic E-state index is -4.75. The Labute approximate surface area is 153 Å². The van der Waals surface area contributed by atoms with E-state index < -0.39 is 6.36 Å². The van der Waals surface area contributed by atoms with E-state index >= 15 is 0 Å². The summed E-state index contributed by atoms with van der Waals surface area (Å²) in [6.45, 7) is 2.70. The van der Waals surface area contributed by atoms with E-state index in [4.69, 9.17) is 4.74 Å². The molecule has 2 aromatic carbocycles. The van der Waals surface area contributed by atoms with Gasteiger partial charge in [0, 0.05) is 18.7 Å². The minimum absolute atomic E-state index is 0.248. The summed E-state index contributed by atoms with van der Waals surface area (Å²) in [5.74, 6) is 0.476. The molecule has 0 N–H and O–H groups in total. The number of anilines is 1. The van der Waals surface area contributed by atoms with E-state index in [1.54, 1.807) is 36.5 Å². The number of hydrogen-bond acceptors (Lipinski definition) is 5. The van der Waals surface area contributed by atoms with Crippen LogP contribution in [0, 0.1) is 0 Å². The molecule has 0 radical (unpaired) electrons. The first-order valence-electron chi connectivity index (χ1n) is 8.44. The van der Waals surface area contributed by atoms with Crippen LogP contribution in [0.4, 0.5) is 19.0 Å². The van der Waals surface area contributed by atoms with Crippen molar-refractivity contribution in [3.8, 4) is 16.9 Å². The molecule has 1 saturated heterocycles. The highest BCUT2D eigenvalue weighted by Crippen LogP contribution is 2.34. The van der Waals surface area contributed by atoms with Crippen molar-refractivity contribution in [1.82, 2.24) is 9.97 Å². The lowest BCUT2D eigenvalue weighted by atomic mass is 10.0. The number of fused-ring (bicyclic) bond motifs is 1. The molecule has 1 fully saturated rings. The molecule has 3 aromatic rings. The number of aromatic nitrogens is 2. The lowest BCUT2D eigenvalue weighted by Crippen LogP contribution is -2.36. The van der Waals surface area contributed by atoms with Gasteiger partial charge in [0.15, 0.2) is 0 Å². The number of rotatable bonds is 3. The first-order chi connectivity index (χ1) is 13.0. The summed E-state index contributed by atoms with van der Waals surface area (Å²) >= 11 is 0. The van der Waals surface area contributed by atoms with Crippen molar-refractivity contribution in [2.45, 2.75) is 6.36 Å². The number of morpholine rings is 1. The van der Waals surface area contributed by atoms with Gasteiger partial charge >= 0.3 is 6.36 Å². The molecule has 27 heavy (non-hydrogen) atoms. The van der Waals surface area contributed by atoms with E-state index in [9.17, 15) is 13.2 Å². The number of nitrogens with zero attached hydrogens (tertiary/aromatic N) is 3. The predicted octanol–water partition coefficient (Wildman–Crippen LogP) is 4.03. The number of alkyl halides is 3. The highest BCUT2D eigenvalue weighted by atomic mass is 19.4. The Balaban J connectivity index is 1.73. The molecule has 0 saturated carbocycles. The monoisotopic (exact) mass is 375 g/mol. The van der Waals surface area contributed by atoms with E-state index in [0.717, 1.165) is 18.9 Å². The van der Waals surface area contributed by atoms with Gasteiger partial charge in [-0.25, -0.2) is 4.98 Å². The highest BCUT2D eigenvalue weighted by molar-refractivity contribution is 5.83. The third-order valence-corrected chi connectivity index (χ3v) is 4.29. The fourth-order valence-electron chi connectivity index (χ4n) is 3.03. The van der Waals surface area contributed by atoms with Gasteiger partial charge in [-0.1, -0.05) is 24.3 Å². The molecule has 1 aromatic heterocycles. The van der Waals surface area contributed by atoms with Crippen LogP contribution >= 0.6 is 0 Å². The van der Waals surface area contributed by atoms with Crippen molar-refractivity contribution < 1.29 is 22.6 Å². The third kappa shape index (κ3) is 3.95. The molecule has 8 heteroatoms. The van der Waals surface area contributed by atoms with E-state index in [0.29, 0.717) is 35.4 Å². The molecule has 140 valence electrons. The van der Waals surface area contributed by atoms with Crippen LogP contribution in [-0.4, -0.2) is 42.6 Å². The molecular weight excluding hydrogens is 359 g/mol. The molecule has 0 unspecified atom stereocenters. The van der Waals surface area contributed by atoms with Crippen molar-refractivity contribution in [2.24, 2.45) is 0 Å². The molecule has 0 spiro atoms. The van der Waals surface area contributed by atoms with E-state index in [1.165, 1.54) is 12.1 Å². The molecule has 4 rings (SSSR count). The summed E-state index contributed by atoms with van der Waals surface area (Å²) < 4.78 is 47.6. The van der Waals surface area contributed by atoms with Gasteiger partial charge in [-0.2, -0.15) is 0 Å². The summed E-state index contributed by atoms with van der Waals surface area (Å²) in [5.41, 5.74) is 2.20. The van der Waals surface area contributed by atoms with Crippen LogP contribution in [0.15, 0.2) is 48.7 Å². The van der Waals surface area contributed by atoms with E-state index in [-0.39, 0.29) is 5.75 Å². The Kier molecular flexibility index (Phi) is 4.57. The smallest absolute Gasteiger partial charge is 0.405 e. The van der Waals surface area contributed by atoms with Gasteiger partial charge in [-0.15, -0.1) is 13.2 Å². The van der Waals surface area contributed by atoms with Gasteiger partial charge in [0.1, 0.15) is 11.6 Å². The van der Waals surface area contributed by atoms with Gasteiger partial charge in [0.2, 0.25) is 0 Å². The lowest BCUT2D eigenvalue weighted by molar-refractivity contribution is -0.274. The summed E-state index contributed by atoms with van der Waals surface area (Å²) in [5, 5.41) is 0. The fraction of sp³-hybridized carbons (Fsp3) is 0.263. The van der Waals surface area contributed by atoms with Crippen LogP contribution in [0.2, 0.25) is 0 Å². The zero-order valence-corrected chi connectivity index (χ0v) is 14.2. The molecule has 0 aliphatic carbocycles. The quantitative estimate of drug-likeness (QED) is 0.692. The number of para-hydroxylation sites is 1. The minimum Gasteiger partial charge on any atom is -0.405 e. The average molecular weight is 375 g/mol. The number of hydrogen-bond donors (Lipinski definition) is 0. The highest BCUT2D eigenvalue weighted by Gasteiger charge is 2.32. The number of ether oxygens (including phenoxy) is 2. The van der Waals surface area contributed by atoms with E-state index in [2.05, 4.69) is 19.6 Å². The zero-order chi connectivity index (χ0) is 18.9. The Morgan fingerprint density at radius 3 is 2.56 bits per heavy atom. The fourth-order valence-corrected chi connectivity index (χ4v) is 3.03. The van der Waals surface area contributed by atoms with Gasteiger partial charge in [0.25, 0.3) is 0 Å². The van der Waals surface area contributed by atoms with Crippen LogP contribution in [0.25, 0.3) is 22.2 Å². The van der Waals surface area contributed by atoms with Crippen molar-refractivity contribution in [2.75, 3.05) is 31.2 Å². The third-order valence-electron chi connectivity index (χ3n) is 4.29. The Morgan fingerprint density at radius 1 is 1.00 bits per heavy atom. The standard InChI is InChI=1S/C19H16F3N3O2/c20-19(21,22)27-17-4-2-1-3-14(17)13-5-6-15-16(11-13)24-18(12-23-15)25-7-9-26-10-8-25/h1-6,11-12H,7-10H2. The molecule has 1 aliphatic heterocycles. The number of benzene rings is 2. The topological polar surface area (TPSA) is 47.5 Å². The Bertz CT molecular complexity index is 956. The number of halogens is 3. The molecule has 2 heterocycles. The second-order valence-electron chi connectivity index (χ2n) is 6.08. The van der Waals surface area contributed by atoms with Crippen molar-refractivity contribution >= 4 is 16.9 Å². The second-order valence-corrected chi connectivity index (χ2v) is 6.08. The second kappa shape index (κ2) is 7.03. The van der Waals surface area contributed by atoms with Crippen LogP contribution in [0.3, 0.4) is 0 Å². The van der Waals surface area contributed by atoms with Crippen LogP contribution in [0.1, 0.15) is 0 Å². The molecular formula is C19H16F3N3O2. The summed E-state index contributed by atoms with van der Waals surface area (Å²) in [4.78, 5) is 11.1. The normalized spacial score (nSPS) is 15.1. The average Bonchev–Trinajstić information content (AvgIpc) is 2.67. The molecule has 0 bridgehead atoms. The predicted molar refractivity (Wildman–Crippen MR) is 94.7 cm³/mol. The Morgan fingerprint density at radius 2 is 1.78 bits per heavy atom. The van der Waals surface area contributed by atoms with Crippen molar-refractivity contribution in [3.63, 3.8) is 0 Å². The first kappa shape index (κ1) is 17.5.